The Morgan fingerprint density at radius 3 is 1.22 bits per heavy atom. The van der Waals surface area contributed by atoms with Crippen LogP contribution < -0.4 is 0 Å². The zero-order valence-corrected chi connectivity index (χ0v) is 34.3. The molecule has 0 amide bonds. The molecule has 0 aliphatic carbocycles. The topological polar surface area (TPSA) is 190 Å². The van der Waals surface area contributed by atoms with E-state index < -0.39 is 72.6 Å². The van der Waals surface area contributed by atoms with Gasteiger partial charge < -0.3 is 30.6 Å². The Labute approximate surface area is 327 Å². The van der Waals surface area contributed by atoms with E-state index in [-0.39, 0.29) is 19.3 Å². The molecule has 0 aromatic carbocycles. The molecular weight excluding hydrogens is 688 g/mol. The average molecular weight is 769 g/mol. The molecule has 10 heteroatoms. The number of ketones is 4. The molecule has 0 heterocycles. The maximum Gasteiger partial charge on any atom is 0.219 e. The number of unbranched alkanes of at least 4 members (excludes halogenated alkanes) is 23. The van der Waals surface area contributed by atoms with Crippen LogP contribution in [0.3, 0.4) is 0 Å². The lowest BCUT2D eigenvalue weighted by Crippen LogP contribution is -2.69. The number of aliphatic hydroxyl groups excluding tert-OH is 4. The molecule has 6 N–H and O–H groups in total. The molecule has 4 atom stereocenters. The fourth-order valence-corrected chi connectivity index (χ4v) is 6.95. The van der Waals surface area contributed by atoms with Gasteiger partial charge >= 0.3 is 0 Å². The number of allylic oxidation sites excluding steroid dienone is 2. The Morgan fingerprint density at radius 1 is 0.481 bits per heavy atom. The smallest absolute Gasteiger partial charge is 0.219 e. The van der Waals surface area contributed by atoms with Gasteiger partial charge in [-0.3, -0.25) is 19.2 Å². The predicted molar refractivity (Wildman–Crippen MR) is 215 cm³/mol. The summed E-state index contributed by atoms with van der Waals surface area (Å²) >= 11 is 0. The van der Waals surface area contributed by atoms with E-state index in [2.05, 4.69) is 26.0 Å². The molecule has 0 radical (unpaired) electrons. The highest BCUT2D eigenvalue weighted by Gasteiger charge is 2.62. The zero-order chi connectivity index (χ0) is 40.5. The fourth-order valence-electron chi connectivity index (χ4n) is 6.95. The van der Waals surface area contributed by atoms with Crippen molar-refractivity contribution < 1.29 is 49.8 Å². The molecule has 0 aliphatic heterocycles. The largest absolute Gasteiger partial charge is 0.394 e. The van der Waals surface area contributed by atoms with Crippen molar-refractivity contribution in [3.63, 3.8) is 0 Å². The minimum atomic E-state index is -3.29. The Kier molecular flexibility index (Phi) is 32.2. The maximum absolute atomic E-state index is 13.6. The first-order chi connectivity index (χ1) is 26.0. The first kappa shape index (κ1) is 52.2. The van der Waals surface area contributed by atoms with Gasteiger partial charge in [0.15, 0.2) is 28.7 Å². The highest BCUT2D eigenvalue weighted by atomic mass is 16.4. The maximum atomic E-state index is 13.6. The van der Waals surface area contributed by atoms with Crippen LogP contribution in [0.15, 0.2) is 12.2 Å². The van der Waals surface area contributed by atoms with Crippen LogP contribution in [0.25, 0.3) is 0 Å². The van der Waals surface area contributed by atoms with Gasteiger partial charge in [-0.15, -0.1) is 0 Å². The van der Waals surface area contributed by atoms with E-state index in [0.717, 1.165) is 57.8 Å². The van der Waals surface area contributed by atoms with Gasteiger partial charge in [0.25, 0.3) is 0 Å². The van der Waals surface area contributed by atoms with Gasteiger partial charge in [0.1, 0.15) is 12.2 Å². The van der Waals surface area contributed by atoms with Gasteiger partial charge in [-0.25, -0.2) is 0 Å². The first-order valence-corrected chi connectivity index (χ1v) is 21.8. The summed E-state index contributed by atoms with van der Waals surface area (Å²) in [6.07, 6.45) is 25.8. The molecule has 0 aromatic heterocycles. The molecule has 0 spiro atoms. The van der Waals surface area contributed by atoms with Crippen molar-refractivity contribution in [1.82, 2.24) is 0 Å². The number of aliphatic hydroxyl groups is 6. The summed E-state index contributed by atoms with van der Waals surface area (Å²) in [5.74, 6) is -4.48. The monoisotopic (exact) mass is 769 g/mol. The lowest BCUT2D eigenvalue weighted by molar-refractivity contribution is -0.194. The Balaban J connectivity index is 5.11. The third kappa shape index (κ3) is 21.5. The third-order valence-corrected chi connectivity index (χ3v) is 10.7. The van der Waals surface area contributed by atoms with Crippen LogP contribution in [0.2, 0.25) is 0 Å². The van der Waals surface area contributed by atoms with Crippen molar-refractivity contribution in [3.8, 4) is 0 Å². The summed E-state index contributed by atoms with van der Waals surface area (Å²) in [6.45, 7) is 2.15. The van der Waals surface area contributed by atoms with Crippen LogP contribution in [-0.2, 0) is 19.2 Å². The van der Waals surface area contributed by atoms with Crippen molar-refractivity contribution in [2.75, 3.05) is 13.2 Å². The quantitative estimate of drug-likeness (QED) is 0.0204. The van der Waals surface area contributed by atoms with Crippen LogP contribution in [-0.4, -0.2) is 90.4 Å². The Hall–Kier alpha value is -1.82. The Bertz CT molecular complexity index is 1010. The number of rotatable bonds is 40. The molecular formula is C44H80O10. The van der Waals surface area contributed by atoms with E-state index in [1.165, 1.54) is 83.5 Å². The van der Waals surface area contributed by atoms with Crippen molar-refractivity contribution in [2.45, 2.75) is 230 Å². The summed E-state index contributed by atoms with van der Waals surface area (Å²) in [5, 5.41) is 61.9. The SMILES string of the molecule is CCCCCCCC/C=C/CCCCCCCC(=O)C(O)(C(=O)CCC(=O)C(O)C(O)CO)C(O)(CO)C(=O)CCCCCCCCCCCCCCC. The van der Waals surface area contributed by atoms with E-state index in [4.69, 9.17) is 5.11 Å². The van der Waals surface area contributed by atoms with Gasteiger partial charge in [-0.05, 0) is 38.5 Å². The van der Waals surface area contributed by atoms with E-state index in [9.17, 15) is 44.7 Å². The van der Waals surface area contributed by atoms with Crippen LogP contribution in [0.4, 0.5) is 0 Å². The molecule has 0 saturated heterocycles. The van der Waals surface area contributed by atoms with Crippen LogP contribution in [0.1, 0.15) is 206 Å². The second kappa shape index (κ2) is 33.3. The molecule has 0 rings (SSSR count). The van der Waals surface area contributed by atoms with E-state index in [0.29, 0.717) is 19.3 Å². The van der Waals surface area contributed by atoms with Gasteiger partial charge in [-0.1, -0.05) is 154 Å². The summed E-state index contributed by atoms with van der Waals surface area (Å²) in [6, 6.07) is 0. The summed E-state index contributed by atoms with van der Waals surface area (Å²) in [5.41, 5.74) is -6.40. The minimum absolute atomic E-state index is 0.258. The molecule has 0 saturated carbocycles. The van der Waals surface area contributed by atoms with Crippen LogP contribution >= 0.6 is 0 Å². The minimum Gasteiger partial charge on any atom is -0.394 e. The number of Topliss-reactive ketones (excluding diaryl/α,β-unsaturated/α-hetero) is 4. The molecule has 0 aromatic rings. The summed E-state index contributed by atoms with van der Waals surface area (Å²) in [4.78, 5) is 52.8. The Morgan fingerprint density at radius 2 is 0.833 bits per heavy atom. The van der Waals surface area contributed by atoms with Gasteiger partial charge in [0, 0.05) is 25.7 Å². The standard InChI is InChI=1S/C44H80O10/c1-3-5-7-9-11-13-15-17-18-20-22-24-26-28-30-32-40(50)44(54,41(51)34-33-37(47)42(52)38(48)35-45)43(53,36-46)39(49)31-29-27-25-23-21-19-16-14-12-10-8-6-4-2/h17-18,38,42,45-46,48,52-54H,3-16,19-36H2,1-2H3/b18-17+. The lowest BCUT2D eigenvalue weighted by atomic mass is 9.71. The van der Waals surface area contributed by atoms with Crippen molar-refractivity contribution in [2.24, 2.45) is 0 Å². The molecule has 10 nitrogen and oxygen atoms in total. The van der Waals surface area contributed by atoms with Crippen molar-refractivity contribution >= 4 is 23.1 Å². The molecule has 316 valence electrons. The highest BCUT2D eigenvalue weighted by molar-refractivity contribution is 6.16. The molecule has 54 heavy (non-hydrogen) atoms. The second-order valence-corrected chi connectivity index (χ2v) is 15.5. The zero-order valence-electron chi connectivity index (χ0n) is 34.3. The van der Waals surface area contributed by atoms with Crippen LogP contribution in [0.5, 0.6) is 0 Å². The van der Waals surface area contributed by atoms with E-state index >= 15 is 0 Å². The van der Waals surface area contributed by atoms with Crippen molar-refractivity contribution in [3.05, 3.63) is 12.2 Å². The van der Waals surface area contributed by atoms with E-state index in [1.807, 2.05) is 0 Å². The fraction of sp³-hybridized carbons (Fsp3) is 0.864. The van der Waals surface area contributed by atoms with E-state index in [1.54, 1.807) is 0 Å². The van der Waals surface area contributed by atoms with Crippen molar-refractivity contribution in [1.29, 1.82) is 0 Å². The van der Waals surface area contributed by atoms with Gasteiger partial charge in [0.05, 0.1) is 13.2 Å². The number of hydrogen-bond acceptors (Lipinski definition) is 10. The summed E-state index contributed by atoms with van der Waals surface area (Å²) < 4.78 is 0. The predicted octanol–water partition coefficient (Wildman–Crippen LogP) is 7.73. The molecule has 0 bridgehead atoms. The normalized spacial score (nSPS) is 15.2. The molecule has 0 aliphatic rings. The second-order valence-electron chi connectivity index (χ2n) is 15.5. The molecule has 0 fully saturated rings. The molecule has 4 unspecified atom stereocenters. The third-order valence-electron chi connectivity index (χ3n) is 10.7. The van der Waals surface area contributed by atoms with Gasteiger partial charge in [-0.2, -0.15) is 0 Å². The lowest BCUT2D eigenvalue weighted by Gasteiger charge is -2.39. The highest BCUT2D eigenvalue weighted by Crippen LogP contribution is 2.32. The number of carbonyl (C=O) groups excluding carboxylic acids is 4. The summed E-state index contributed by atoms with van der Waals surface area (Å²) in [7, 11) is 0. The first-order valence-electron chi connectivity index (χ1n) is 21.8. The van der Waals surface area contributed by atoms with Crippen LogP contribution in [0, 0.1) is 0 Å². The van der Waals surface area contributed by atoms with Gasteiger partial charge in [0.2, 0.25) is 5.60 Å². The number of hydrogen-bond donors (Lipinski definition) is 6. The number of carbonyl (C=O) groups is 4. The average Bonchev–Trinajstić information content (AvgIpc) is 3.18.